The molecule has 1 aliphatic carbocycles. The monoisotopic (exact) mass is 441 g/mol. The number of H-pyrrole nitrogens is 1. The average molecular weight is 442 g/mol. The van der Waals surface area contributed by atoms with Gasteiger partial charge in [-0.15, -0.1) is 0 Å². The number of carbonyl (C=O) groups excluding carboxylic acids is 1. The molecule has 1 amide bonds. The molecule has 33 heavy (non-hydrogen) atoms. The van der Waals surface area contributed by atoms with Gasteiger partial charge in [-0.25, -0.2) is 9.67 Å². The SMILES string of the molecule is O=C(Cn1nc2c(cc1=O)CCCCC2)N[C@@H](Cc1ccccc1)c1nc2ccccc2[nH]1. The van der Waals surface area contributed by atoms with E-state index in [4.69, 9.17) is 4.98 Å². The molecule has 168 valence electrons. The highest BCUT2D eigenvalue weighted by Gasteiger charge is 2.20. The van der Waals surface area contributed by atoms with Crippen molar-refractivity contribution in [2.45, 2.75) is 51.1 Å². The fourth-order valence-electron chi connectivity index (χ4n) is 4.47. The van der Waals surface area contributed by atoms with Gasteiger partial charge in [0.15, 0.2) is 0 Å². The Morgan fingerprint density at radius 3 is 2.67 bits per heavy atom. The molecule has 0 aliphatic heterocycles. The molecule has 2 aromatic heterocycles. The average Bonchev–Trinajstić information content (AvgIpc) is 3.13. The number of benzene rings is 2. The van der Waals surface area contributed by atoms with Gasteiger partial charge in [0.25, 0.3) is 5.56 Å². The topological polar surface area (TPSA) is 92.7 Å². The highest BCUT2D eigenvalue weighted by molar-refractivity contribution is 5.77. The van der Waals surface area contributed by atoms with Crippen LogP contribution in [0.1, 0.15) is 47.9 Å². The van der Waals surface area contributed by atoms with Crippen LogP contribution in [0.5, 0.6) is 0 Å². The Kier molecular flexibility index (Phi) is 6.02. The zero-order valence-corrected chi connectivity index (χ0v) is 18.5. The molecule has 2 N–H and O–H groups in total. The Morgan fingerprint density at radius 2 is 1.82 bits per heavy atom. The van der Waals surface area contributed by atoms with Gasteiger partial charge in [-0.05, 0) is 55.4 Å². The molecule has 4 aromatic rings. The molecule has 0 radical (unpaired) electrons. The molecule has 7 heteroatoms. The van der Waals surface area contributed by atoms with Crippen molar-refractivity contribution >= 4 is 16.9 Å². The first-order valence-corrected chi connectivity index (χ1v) is 11.5. The third-order valence-corrected chi connectivity index (χ3v) is 6.17. The van der Waals surface area contributed by atoms with Crippen molar-refractivity contribution in [3.05, 3.63) is 93.7 Å². The number of aromatic amines is 1. The van der Waals surface area contributed by atoms with E-state index in [1.54, 1.807) is 6.07 Å². The fourth-order valence-corrected chi connectivity index (χ4v) is 4.47. The summed E-state index contributed by atoms with van der Waals surface area (Å²) in [5, 5.41) is 7.61. The Bertz CT molecular complexity index is 1290. The van der Waals surface area contributed by atoms with Crippen LogP contribution >= 0.6 is 0 Å². The lowest BCUT2D eigenvalue weighted by Crippen LogP contribution is -2.37. The maximum Gasteiger partial charge on any atom is 0.267 e. The second-order valence-corrected chi connectivity index (χ2v) is 8.62. The van der Waals surface area contributed by atoms with Gasteiger partial charge in [-0.2, -0.15) is 5.10 Å². The van der Waals surface area contributed by atoms with Crippen LogP contribution in [0.4, 0.5) is 0 Å². The lowest BCUT2D eigenvalue weighted by Gasteiger charge is -2.17. The van der Waals surface area contributed by atoms with Crippen molar-refractivity contribution < 1.29 is 4.79 Å². The van der Waals surface area contributed by atoms with Gasteiger partial charge in [0, 0.05) is 6.07 Å². The van der Waals surface area contributed by atoms with Crippen molar-refractivity contribution in [1.82, 2.24) is 25.1 Å². The molecule has 0 saturated heterocycles. The normalized spacial score (nSPS) is 14.4. The van der Waals surface area contributed by atoms with Gasteiger partial charge in [0.05, 0.1) is 22.8 Å². The van der Waals surface area contributed by atoms with Crippen LogP contribution in [0.15, 0.2) is 65.5 Å². The molecule has 0 bridgehead atoms. The summed E-state index contributed by atoms with van der Waals surface area (Å²) in [6.45, 7) is -0.113. The summed E-state index contributed by atoms with van der Waals surface area (Å²) in [6.07, 6.45) is 5.61. The minimum absolute atomic E-state index is 0.113. The van der Waals surface area contributed by atoms with E-state index >= 15 is 0 Å². The molecular weight excluding hydrogens is 414 g/mol. The number of hydrogen-bond donors (Lipinski definition) is 2. The van der Waals surface area contributed by atoms with E-state index < -0.39 is 0 Å². The van der Waals surface area contributed by atoms with Gasteiger partial charge in [-0.3, -0.25) is 9.59 Å². The Hall–Kier alpha value is -3.74. The number of rotatable bonds is 6. The summed E-state index contributed by atoms with van der Waals surface area (Å²) in [4.78, 5) is 33.7. The summed E-state index contributed by atoms with van der Waals surface area (Å²) in [7, 11) is 0. The standard InChI is InChI=1S/C26H27N5O2/c32-24(17-31-25(33)16-19-11-5-2-6-12-20(19)30-31)27-23(15-18-9-3-1-4-10-18)26-28-21-13-7-8-14-22(21)29-26/h1,3-4,7-10,13-14,16,23H,2,5-6,11-12,15,17H2,(H,27,32)(H,28,29)/t23-/m0/s1. The van der Waals surface area contributed by atoms with E-state index in [2.05, 4.69) is 15.4 Å². The van der Waals surface area contributed by atoms with Gasteiger partial charge in [0.2, 0.25) is 5.91 Å². The molecule has 5 rings (SSSR count). The van der Waals surface area contributed by atoms with Gasteiger partial charge in [0.1, 0.15) is 12.4 Å². The van der Waals surface area contributed by atoms with Crippen molar-refractivity contribution in [3.63, 3.8) is 0 Å². The van der Waals surface area contributed by atoms with E-state index in [-0.39, 0.29) is 24.1 Å². The van der Waals surface area contributed by atoms with Crippen molar-refractivity contribution in [2.75, 3.05) is 0 Å². The van der Waals surface area contributed by atoms with Crippen LogP contribution in [0.25, 0.3) is 11.0 Å². The molecule has 2 aromatic carbocycles. The van der Waals surface area contributed by atoms with Crippen molar-refractivity contribution in [2.24, 2.45) is 0 Å². The lowest BCUT2D eigenvalue weighted by molar-refractivity contribution is -0.122. The number of amides is 1. The van der Waals surface area contributed by atoms with Crippen LogP contribution in [0.3, 0.4) is 0 Å². The molecule has 0 fully saturated rings. The van der Waals surface area contributed by atoms with Crippen molar-refractivity contribution in [1.29, 1.82) is 0 Å². The maximum absolute atomic E-state index is 13.0. The lowest BCUT2D eigenvalue weighted by atomic mass is 10.1. The summed E-state index contributed by atoms with van der Waals surface area (Å²) in [5.41, 5.74) is 4.60. The number of aryl methyl sites for hydroxylation is 2. The number of imidazole rings is 1. The van der Waals surface area contributed by atoms with E-state index in [0.29, 0.717) is 12.2 Å². The smallest absolute Gasteiger partial charge is 0.267 e. The van der Waals surface area contributed by atoms with E-state index in [1.807, 2.05) is 54.6 Å². The summed E-state index contributed by atoms with van der Waals surface area (Å²) in [5.74, 6) is 0.426. The number of aromatic nitrogens is 4. The summed E-state index contributed by atoms with van der Waals surface area (Å²) in [6, 6.07) is 19.1. The zero-order chi connectivity index (χ0) is 22.6. The highest BCUT2D eigenvalue weighted by Crippen LogP contribution is 2.20. The predicted octanol–water partition coefficient (Wildman–Crippen LogP) is 3.49. The summed E-state index contributed by atoms with van der Waals surface area (Å²) < 4.78 is 1.29. The van der Waals surface area contributed by atoms with Crippen LogP contribution < -0.4 is 10.9 Å². The minimum Gasteiger partial charge on any atom is -0.344 e. The number of fused-ring (bicyclic) bond motifs is 2. The third kappa shape index (κ3) is 4.87. The van der Waals surface area contributed by atoms with E-state index in [1.165, 1.54) is 4.68 Å². The van der Waals surface area contributed by atoms with Crippen LogP contribution in [-0.4, -0.2) is 25.7 Å². The minimum atomic E-state index is -0.358. The first kappa shape index (κ1) is 21.1. The van der Waals surface area contributed by atoms with Crippen LogP contribution in [0, 0.1) is 0 Å². The Labute approximate surface area is 191 Å². The van der Waals surface area contributed by atoms with Crippen LogP contribution in [0.2, 0.25) is 0 Å². The van der Waals surface area contributed by atoms with Gasteiger partial charge in [-0.1, -0.05) is 48.9 Å². The fraction of sp³-hybridized carbons (Fsp3) is 0.308. The maximum atomic E-state index is 13.0. The quantitative estimate of drug-likeness (QED) is 0.448. The number of hydrogen-bond acceptors (Lipinski definition) is 4. The van der Waals surface area contributed by atoms with Crippen LogP contribution in [-0.2, 0) is 30.6 Å². The van der Waals surface area contributed by atoms with E-state index in [0.717, 1.165) is 60.0 Å². The van der Waals surface area contributed by atoms with Crippen molar-refractivity contribution in [3.8, 4) is 0 Å². The van der Waals surface area contributed by atoms with Gasteiger partial charge >= 0.3 is 0 Å². The molecule has 0 spiro atoms. The Morgan fingerprint density at radius 1 is 1.03 bits per heavy atom. The number of para-hydroxylation sites is 2. The second-order valence-electron chi connectivity index (χ2n) is 8.62. The summed E-state index contributed by atoms with van der Waals surface area (Å²) >= 11 is 0. The molecule has 0 saturated carbocycles. The zero-order valence-electron chi connectivity index (χ0n) is 18.5. The van der Waals surface area contributed by atoms with E-state index in [9.17, 15) is 9.59 Å². The first-order chi connectivity index (χ1) is 16.2. The molecule has 1 atom stereocenters. The molecule has 2 heterocycles. The Balaban J connectivity index is 1.39. The largest absolute Gasteiger partial charge is 0.344 e. The van der Waals surface area contributed by atoms with Gasteiger partial charge < -0.3 is 10.3 Å². The molecular formula is C26H27N5O2. The molecule has 1 aliphatic rings. The number of nitrogens with one attached hydrogen (secondary N) is 2. The third-order valence-electron chi connectivity index (χ3n) is 6.17. The first-order valence-electron chi connectivity index (χ1n) is 11.5. The second kappa shape index (κ2) is 9.40. The number of nitrogens with zero attached hydrogens (tertiary/aromatic N) is 3. The molecule has 0 unspecified atom stereocenters. The predicted molar refractivity (Wildman–Crippen MR) is 127 cm³/mol. The molecule has 7 nitrogen and oxygen atoms in total. The highest BCUT2D eigenvalue weighted by atomic mass is 16.2. The number of carbonyl (C=O) groups is 1.